The summed E-state index contributed by atoms with van der Waals surface area (Å²) in [5, 5.41) is 8.75. The summed E-state index contributed by atoms with van der Waals surface area (Å²) in [6.07, 6.45) is 1.60. The molecule has 0 aliphatic heterocycles. The van der Waals surface area contributed by atoms with Gasteiger partial charge in [0.25, 0.3) is 0 Å². The number of alkyl halides is 1. The second-order valence-corrected chi connectivity index (χ2v) is 4.68. The summed E-state index contributed by atoms with van der Waals surface area (Å²) in [7, 11) is 0. The molecule has 1 aromatic rings. The Morgan fingerprint density at radius 2 is 1.67 bits per heavy atom. The zero-order valence-electron chi connectivity index (χ0n) is 9.41. The van der Waals surface area contributed by atoms with Crippen LogP contribution in [0.25, 0.3) is 0 Å². The Labute approximate surface area is 97.1 Å². The third-order valence-corrected chi connectivity index (χ3v) is 3.05. The summed E-state index contributed by atoms with van der Waals surface area (Å²) < 4.78 is 0. The van der Waals surface area contributed by atoms with Gasteiger partial charge in [-0.05, 0) is 29.9 Å². The minimum absolute atomic E-state index is 0.0263. The molecule has 0 saturated carbocycles. The average Bonchev–Trinajstić information content (AvgIpc) is 2.26. The largest absolute Gasteiger partial charge is 0.396 e. The van der Waals surface area contributed by atoms with E-state index in [2.05, 4.69) is 38.1 Å². The highest BCUT2D eigenvalue weighted by atomic mass is 35.5. The van der Waals surface area contributed by atoms with E-state index in [-0.39, 0.29) is 12.0 Å². The molecule has 1 unspecified atom stereocenters. The van der Waals surface area contributed by atoms with E-state index >= 15 is 0 Å². The molecule has 0 fully saturated rings. The topological polar surface area (TPSA) is 20.2 Å². The fraction of sp³-hybridized carbons (Fsp3) is 0.538. The van der Waals surface area contributed by atoms with Crippen LogP contribution >= 0.6 is 11.6 Å². The van der Waals surface area contributed by atoms with Gasteiger partial charge >= 0.3 is 0 Å². The van der Waals surface area contributed by atoms with Crippen LogP contribution in [0.5, 0.6) is 0 Å². The molecule has 0 saturated heterocycles. The Bertz CT molecular complexity index is 279. The van der Waals surface area contributed by atoms with Crippen LogP contribution in [0.3, 0.4) is 0 Å². The summed E-state index contributed by atoms with van der Waals surface area (Å²) in [5.41, 5.74) is 2.49. The monoisotopic (exact) mass is 226 g/mol. The minimum atomic E-state index is 0.0263. The van der Waals surface area contributed by atoms with E-state index in [1.54, 1.807) is 0 Å². The van der Waals surface area contributed by atoms with Gasteiger partial charge in [-0.15, -0.1) is 11.6 Å². The van der Waals surface area contributed by atoms with Crippen molar-refractivity contribution in [2.24, 2.45) is 0 Å². The molecule has 0 aliphatic carbocycles. The smallest absolute Gasteiger partial charge is 0.0586 e. The Balaban J connectivity index is 2.62. The average molecular weight is 227 g/mol. The van der Waals surface area contributed by atoms with Crippen LogP contribution in [0.1, 0.15) is 49.1 Å². The van der Waals surface area contributed by atoms with E-state index in [1.165, 1.54) is 5.56 Å². The highest BCUT2D eigenvalue weighted by molar-refractivity contribution is 6.20. The van der Waals surface area contributed by atoms with Gasteiger partial charge in [-0.1, -0.05) is 38.1 Å². The van der Waals surface area contributed by atoms with Gasteiger partial charge in [-0.2, -0.15) is 0 Å². The Hall–Kier alpha value is -0.530. The molecule has 0 aliphatic rings. The first-order valence-corrected chi connectivity index (χ1v) is 5.93. The minimum Gasteiger partial charge on any atom is -0.396 e. The van der Waals surface area contributed by atoms with Gasteiger partial charge in [-0.25, -0.2) is 0 Å². The van der Waals surface area contributed by atoms with Crippen molar-refractivity contribution in [2.45, 2.75) is 38.0 Å². The summed E-state index contributed by atoms with van der Waals surface area (Å²) in [5.74, 6) is 0.560. The fourth-order valence-corrected chi connectivity index (χ4v) is 1.83. The lowest BCUT2D eigenvalue weighted by Crippen LogP contribution is -1.94. The van der Waals surface area contributed by atoms with Crippen molar-refractivity contribution in [3.05, 3.63) is 35.4 Å². The molecule has 2 heteroatoms. The molecule has 0 aromatic heterocycles. The lowest BCUT2D eigenvalue weighted by atomic mass is 10.00. The van der Waals surface area contributed by atoms with Crippen molar-refractivity contribution < 1.29 is 5.11 Å². The zero-order chi connectivity index (χ0) is 11.3. The van der Waals surface area contributed by atoms with E-state index in [4.69, 9.17) is 16.7 Å². The fourth-order valence-electron chi connectivity index (χ4n) is 1.53. The number of aliphatic hydroxyl groups excluding tert-OH is 1. The molecule has 0 amide bonds. The van der Waals surface area contributed by atoms with Gasteiger partial charge < -0.3 is 5.11 Å². The Morgan fingerprint density at radius 1 is 1.13 bits per heavy atom. The maximum absolute atomic E-state index is 8.72. The molecule has 0 radical (unpaired) electrons. The van der Waals surface area contributed by atoms with Crippen molar-refractivity contribution in [3.63, 3.8) is 0 Å². The molecule has 0 bridgehead atoms. The van der Waals surface area contributed by atoms with E-state index in [9.17, 15) is 0 Å². The quantitative estimate of drug-likeness (QED) is 0.756. The number of hydrogen-bond donors (Lipinski definition) is 1. The van der Waals surface area contributed by atoms with Crippen LogP contribution in [-0.4, -0.2) is 11.7 Å². The van der Waals surface area contributed by atoms with Crippen LogP contribution in [0.4, 0.5) is 0 Å². The van der Waals surface area contributed by atoms with Crippen LogP contribution in [0.15, 0.2) is 24.3 Å². The van der Waals surface area contributed by atoms with Crippen molar-refractivity contribution >= 4 is 11.6 Å². The Morgan fingerprint density at radius 3 is 2.13 bits per heavy atom. The molecule has 15 heavy (non-hydrogen) atoms. The van der Waals surface area contributed by atoms with E-state index < -0.39 is 0 Å². The first-order valence-electron chi connectivity index (χ1n) is 5.50. The van der Waals surface area contributed by atoms with Gasteiger partial charge in [0.05, 0.1) is 5.38 Å². The number of rotatable bonds is 5. The van der Waals surface area contributed by atoms with E-state index in [1.807, 2.05) is 0 Å². The SMILES string of the molecule is CC(C)c1ccc(C(Cl)CCCO)cc1. The lowest BCUT2D eigenvalue weighted by molar-refractivity contribution is 0.284. The number of halogens is 1. The predicted octanol–water partition coefficient (Wildman–Crippen LogP) is 3.86. The zero-order valence-corrected chi connectivity index (χ0v) is 10.2. The molecular weight excluding hydrogens is 208 g/mol. The molecule has 1 rings (SSSR count). The molecule has 1 atom stereocenters. The third kappa shape index (κ3) is 3.84. The van der Waals surface area contributed by atoms with E-state index in [0.717, 1.165) is 18.4 Å². The standard InChI is InChI=1S/C13H19ClO/c1-10(2)11-5-7-12(8-6-11)13(14)4-3-9-15/h5-8,10,13,15H,3-4,9H2,1-2H3. The number of benzene rings is 1. The second-order valence-electron chi connectivity index (χ2n) is 4.15. The summed E-state index contributed by atoms with van der Waals surface area (Å²) in [4.78, 5) is 0. The number of hydrogen-bond acceptors (Lipinski definition) is 1. The highest BCUT2D eigenvalue weighted by Gasteiger charge is 2.07. The van der Waals surface area contributed by atoms with Crippen molar-refractivity contribution in [2.75, 3.05) is 6.61 Å². The Kier molecular flexibility index (Phi) is 5.13. The van der Waals surface area contributed by atoms with Crippen LogP contribution in [0.2, 0.25) is 0 Å². The molecule has 0 heterocycles. The first kappa shape index (κ1) is 12.5. The summed E-state index contributed by atoms with van der Waals surface area (Å²) in [6.45, 7) is 4.57. The van der Waals surface area contributed by atoms with Gasteiger partial charge in [0.2, 0.25) is 0 Å². The first-order chi connectivity index (χ1) is 7.15. The van der Waals surface area contributed by atoms with Crippen LogP contribution in [-0.2, 0) is 0 Å². The van der Waals surface area contributed by atoms with Gasteiger partial charge in [0.1, 0.15) is 0 Å². The molecule has 1 N–H and O–H groups in total. The normalized spacial score (nSPS) is 13.1. The molecular formula is C13H19ClO. The summed E-state index contributed by atoms with van der Waals surface area (Å²) in [6, 6.07) is 8.44. The second kappa shape index (κ2) is 6.14. The van der Waals surface area contributed by atoms with E-state index in [0.29, 0.717) is 5.92 Å². The predicted molar refractivity (Wildman–Crippen MR) is 65.4 cm³/mol. The maximum Gasteiger partial charge on any atom is 0.0586 e. The summed E-state index contributed by atoms with van der Waals surface area (Å²) >= 11 is 6.21. The molecule has 0 spiro atoms. The highest BCUT2D eigenvalue weighted by Crippen LogP contribution is 2.26. The molecule has 1 nitrogen and oxygen atoms in total. The third-order valence-electron chi connectivity index (χ3n) is 2.58. The van der Waals surface area contributed by atoms with Gasteiger partial charge in [0.15, 0.2) is 0 Å². The van der Waals surface area contributed by atoms with Gasteiger partial charge in [0, 0.05) is 6.61 Å². The maximum atomic E-state index is 8.72. The van der Waals surface area contributed by atoms with Crippen molar-refractivity contribution in [1.29, 1.82) is 0 Å². The molecule has 84 valence electrons. The molecule has 1 aromatic carbocycles. The van der Waals surface area contributed by atoms with Crippen LogP contribution in [0, 0.1) is 0 Å². The van der Waals surface area contributed by atoms with Gasteiger partial charge in [-0.3, -0.25) is 0 Å². The lowest BCUT2D eigenvalue weighted by Gasteiger charge is -2.11. The van der Waals surface area contributed by atoms with Crippen molar-refractivity contribution in [1.82, 2.24) is 0 Å². The van der Waals surface area contributed by atoms with Crippen LogP contribution < -0.4 is 0 Å². The number of aliphatic hydroxyl groups is 1. The van der Waals surface area contributed by atoms with Crippen molar-refractivity contribution in [3.8, 4) is 0 Å².